The summed E-state index contributed by atoms with van der Waals surface area (Å²) in [5.74, 6) is 0.223. The molecular formula is C21H24N6O4. The van der Waals surface area contributed by atoms with Crippen LogP contribution in [0.1, 0.15) is 65.4 Å². The first kappa shape index (κ1) is 20.6. The molecule has 0 saturated heterocycles. The van der Waals surface area contributed by atoms with Crippen LogP contribution < -0.4 is 10.6 Å². The first-order chi connectivity index (χ1) is 14.9. The molecule has 2 atom stereocenters. The van der Waals surface area contributed by atoms with Gasteiger partial charge in [0.25, 0.3) is 5.91 Å². The average Bonchev–Trinajstić information content (AvgIpc) is 3.46. The van der Waals surface area contributed by atoms with E-state index in [2.05, 4.69) is 31.0 Å². The Morgan fingerprint density at radius 2 is 2.10 bits per heavy atom. The van der Waals surface area contributed by atoms with Gasteiger partial charge >= 0.3 is 6.09 Å². The number of carbonyl (C=O) groups is 3. The molecule has 1 aliphatic rings. The minimum Gasteiger partial charge on any atom is -0.446 e. The lowest BCUT2D eigenvalue weighted by Crippen LogP contribution is -2.33. The summed E-state index contributed by atoms with van der Waals surface area (Å²) >= 11 is 0. The van der Waals surface area contributed by atoms with Crippen LogP contribution in [0.15, 0.2) is 24.4 Å². The van der Waals surface area contributed by atoms with Crippen molar-refractivity contribution in [3.05, 3.63) is 41.2 Å². The van der Waals surface area contributed by atoms with Crippen molar-refractivity contribution in [3.8, 4) is 0 Å². The monoisotopic (exact) mass is 424 g/mol. The summed E-state index contributed by atoms with van der Waals surface area (Å²) in [4.78, 5) is 35.7. The smallest absolute Gasteiger partial charge is 0.407 e. The Hall–Kier alpha value is -3.69. The SMILES string of the molecule is CC(C)NC(=O)O[C@@H]1CC[C@H](c2cc(NC(=O)c3ccc(C=O)c4[nH]ncc34)n[nH]2)C1. The van der Waals surface area contributed by atoms with Crippen LogP contribution in [0, 0.1) is 0 Å². The van der Waals surface area contributed by atoms with E-state index in [0.29, 0.717) is 40.6 Å². The zero-order valence-corrected chi connectivity index (χ0v) is 17.3. The van der Waals surface area contributed by atoms with Crippen molar-refractivity contribution in [2.24, 2.45) is 0 Å². The Bertz CT molecular complexity index is 1120. The summed E-state index contributed by atoms with van der Waals surface area (Å²) < 4.78 is 5.47. The van der Waals surface area contributed by atoms with Crippen LogP contribution in [0.3, 0.4) is 0 Å². The van der Waals surface area contributed by atoms with E-state index in [-0.39, 0.29) is 24.0 Å². The second kappa shape index (κ2) is 8.58. The van der Waals surface area contributed by atoms with Crippen molar-refractivity contribution in [2.75, 3.05) is 5.32 Å². The Morgan fingerprint density at radius 3 is 2.87 bits per heavy atom. The molecule has 1 saturated carbocycles. The summed E-state index contributed by atoms with van der Waals surface area (Å²) in [5.41, 5.74) is 2.23. The molecule has 31 heavy (non-hydrogen) atoms. The molecule has 1 aliphatic carbocycles. The van der Waals surface area contributed by atoms with E-state index in [1.165, 1.54) is 6.20 Å². The molecule has 2 amide bonds. The Labute approximate surface area is 178 Å². The van der Waals surface area contributed by atoms with E-state index in [0.717, 1.165) is 18.5 Å². The number of hydrogen-bond acceptors (Lipinski definition) is 6. The third-order valence-electron chi connectivity index (χ3n) is 5.36. The summed E-state index contributed by atoms with van der Waals surface area (Å²) in [5, 5.41) is 19.9. The number of H-pyrrole nitrogens is 2. The fourth-order valence-corrected chi connectivity index (χ4v) is 3.90. The highest BCUT2D eigenvalue weighted by Gasteiger charge is 2.30. The van der Waals surface area contributed by atoms with Crippen molar-refractivity contribution in [1.29, 1.82) is 0 Å². The van der Waals surface area contributed by atoms with Gasteiger partial charge in [0.2, 0.25) is 0 Å². The van der Waals surface area contributed by atoms with Crippen molar-refractivity contribution in [3.63, 3.8) is 0 Å². The zero-order valence-electron chi connectivity index (χ0n) is 17.3. The Morgan fingerprint density at radius 1 is 1.26 bits per heavy atom. The fraction of sp³-hybridized carbons (Fsp3) is 0.381. The molecule has 2 heterocycles. The van der Waals surface area contributed by atoms with Crippen LogP contribution in [-0.4, -0.2) is 50.8 Å². The number of nitrogens with one attached hydrogen (secondary N) is 4. The Kier molecular flexibility index (Phi) is 5.70. The van der Waals surface area contributed by atoms with Crippen molar-refractivity contribution >= 4 is 35.0 Å². The third kappa shape index (κ3) is 4.42. The number of benzene rings is 1. The van der Waals surface area contributed by atoms with Gasteiger partial charge in [0, 0.05) is 34.7 Å². The quantitative estimate of drug-likeness (QED) is 0.448. The summed E-state index contributed by atoms with van der Waals surface area (Å²) in [7, 11) is 0. The van der Waals surface area contributed by atoms with Crippen molar-refractivity contribution in [1.82, 2.24) is 25.7 Å². The number of amides is 2. The molecule has 0 aliphatic heterocycles. The lowest BCUT2D eigenvalue weighted by atomic mass is 10.0. The molecule has 2 aromatic heterocycles. The molecule has 10 nitrogen and oxygen atoms in total. The minimum atomic E-state index is -0.399. The molecule has 0 spiro atoms. The number of aldehydes is 1. The largest absolute Gasteiger partial charge is 0.446 e. The second-order valence-corrected chi connectivity index (χ2v) is 7.98. The van der Waals surface area contributed by atoms with Crippen LogP contribution in [0.5, 0.6) is 0 Å². The van der Waals surface area contributed by atoms with Gasteiger partial charge in [-0.3, -0.25) is 19.8 Å². The van der Waals surface area contributed by atoms with Crippen LogP contribution in [0.25, 0.3) is 10.9 Å². The van der Waals surface area contributed by atoms with Gasteiger partial charge < -0.3 is 15.4 Å². The number of nitrogens with zero attached hydrogens (tertiary/aromatic N) is 2. The normalized spacial score (nSPS) is 18.3. The first-order valence-electron chi connectivity index (χ1n) is 10.2. The van der Waals surface area contributed by atoms with E-state index in [4.69, 9.17) is 4.74 Å². The van der Waals surface area contributed by atoms with Gasteiger partial charge in [-0.2, -0.15) is 10.2 Å². The Balaban J connectivity index is 1.40. The van der Waals surface area contributed by atoms with Crippen molar-refractivity contribution in [2.45, 2.75) is 51.2 Å². The summed E-state index contributed by atoms with van der Waals surface area (Å²) in [6, 6.07) is 4.99. The predicted octanol–water partition coefficient (Wildman–Crippen LogP) is 3.12. The highest BCUT2D eigenvalue weighted by molar-refractivity contribution is 6.14. The third-order valence-corrected chi connectivity index (χ3v) is 5.36. The number of alkyl carbamates (subject to hydrolysis) is 1. The lowest BCUT2D eigenvalue weighted by molar-refractivity contribution is 0.0979. The van der Waals surface area contributed by atoms with Gasteiger partial charge in [0.05, 0.1) is 17.3 Å². The number of fused-ring (bicyclic) bond motifs is 1. The van der Waals surface area contributed by atoms with E-state index in [1.54, 1.807) is 18.2 Å². The van der Waals surface area contributed by atoms with Gasteiger partial charge in [0.15, 0.2) is 12.1 Å². The molecule has 1 aromatic carbocycles. The first-order valence-corrected chi connectivity index (χ1v) is 10.2. The number of carbonyl (C=O) groups excluding carboxylic acids is 3. The average molecular weight is 424 g/mol. The predicted molar refractivity (Wildman–Crippen MR) is 113 cm³/mol. The zero-order chi connectivity index (χ0) is 22.0. The van der Waals surface area contributed by atoms with Crippen LogP contribution in [0.2, 0.25) is 0 Å². The number of ether oxygens (including phenoxy) is 1. The molecular weight excluding hydrogens is 400 g/mol. The number of hydrogen-bond donors (Lipinski definition) is 4. The number of aromatic amines is 2. The maximum absolute atomic E-state index is 12.8. The molecule has 10 heteroatoms. The van der Waals surface area contributed by atoms with Crippen LogP contribution in [0.4, 0.5) is 10.6 Å². The van der Waals surface area contributed by atoms with E-state index >= 15 is 0 Å². The van der Waals surface area contributed by atoms with Crippen molar-refractivity contribution < 1.29 is 19.1 Å². The second-order valence-electron chi connectivity index (χ2n) is 7.98. The maximum atomic E-state index is 12.8. The fourth-order valence-electron chi connectivity index (χ4n) is 3.90. The molecule has 3 aromatic rings. The minimum absolute atomic E-state index is 0.0291. The summed E-state index contributed by atoms with van der Waals surface area (Å²) in [6.45, 7) is 3.76. The molecule has 162 valence electrons. The molecule has 0 unspecified atom stereocenters. The standard InChI is InChI=1S/C21H24N6O4/c1-11(2)23-21(30)31-14-5-3-12(7-14)17-8-18(26-25-17)24-20(29)15-6-4-13(10-28)19-16(15)9-22-27-19/h4,6,8-12,14H,3,5,7H2,1-2H3,(H,22,27)(H,23,30)(H2,24,25,26,29)/t12-,14+/m0/s1. The highest BCUT2D eigenvalue weighted by atomic mass is 16.6. The molecule has 4 rings (SSSR count). The topological polar surface area (TPSA) is 142 Å². The molecule has 0 bridgehead atoms. The molecule has 4 N–H and O–H groups in total. The number of anilines is 1. The lowest BCUT2D eigenvalue weighted by Gasteiger charge is -2.14. The number of aromatic nitrogens is 4. The summed E-state index contributed by atoms with van der Waals surface area (Å²) in [6.07, 6.45) is 4.02. The maximum Gasteiger partial charge on any atom is 0.407 e. The van der Waals surface area contributed by atoms with Gasteiger partial charge in [-0.05, 0) is 45.2 Å². The van der Waals surface area contributed by atoms with E-state index in [1.807, 2.05) is 13.8 Å². The van der Waals surface area contributed by atoms with Gasteiger partial charge in [0.1, 0.15) is 6.10 Å². The highest BCUT2D eigenvalue weighted by Crippen LogP contribution is 2.36. The van der Waals surface area contributed by atoms with Gasteiger partial charge in [-0.15, -0.1) is 0 Å². The number of rotatable bonds is 6. The van der Waals surface area contributed by atoms with Crippen LogP contribution in [-0.2, 0) is 4.74 Å². The van der Waals surface area contributed by atoms with E-state index in [9.17, 15) is 14.4 Å². The molecule has 1 fully saturated rings. The van der Waals surface area contributed by atoms with Crippen LogP contribution >= 0.6 is 0 Å². The van der Waals surface area contributed by atoms with Gasteiger partial charge in [-0.25, -0.2) is 4.79 Å². The van der Waals surface area contributed by atoms with E-state index < -0.39 is 6.09 Å². The van der Waals surface area contributed by atoms with Gasteiger partial charge in [-0.1, -0.05) is 0 Å². The molecule has 0 radical (unpaired) electrons.